The lowest BCUT2D eigenvalue weighted by atomic mass is 10.2. The van der Waals surface area contributed by atoms with Crippen molar-refractivity contribution in [1.29, 1.82) is 0 Å². The number of nitrogens with one attached hydrogen (secondary N) is 1. The maximum absolute atomic E-state index is 12.6. The average molecular weight is 340 g/mol. The standard InChI is InChI=1S/C19H24N4O2/c1-14-16(6-9-20-14)19(24)23-12-7-15(13-23)25-17-5-4-8-21-18(17)22-10-2-3-11-22/h4-6,8-9,15,20H,2-3,7,10-13H2,1H3/t15-/m1/s1. The van der Waals surface area contributed by atoms with E-state index < -0.39 is 0 Å². The Labute approximate surface area is 147 Å². The molecule has 132 valence electrons. The summed E-state index contributed by atoms with van der Waals surface area (Å²) in [5, 5.41) is 0. The predicted molar refractivity (Wildman–Crippen MR) is 96.2 cm³/mol. The molecule has 4 rings (SSSR count). The molecule has 2 saturated heterocycles. The fraction of sp³-hybridized carbons (Fsp3) is 0.474. The van der Waals surface area contributed by atoms with Gasteiger partial charge in [-0.15, -0.1) is 0 Å². The molecule has 1 N–H and O–H groups in total. The Morgan fingerprint density at radius 1 is 1.28 bits per heavy atom. The van der Waals surface area contributed by atoms with Crippen LogP contribution in [0.5, 0.6) is 5.75 Å². The minimum Gasteiger partial charge on any atom is -0.485 e. The predicted octanol–water partition coefficient (Wildman–Crippen LogP) is 2.61. The molecule has 0 spiro atoms. The van der Waals surface area contributed by atoms with Crippen LogP contribution in [0.4, 0.5) is 5.82 Å². The largest absolute Gasteiger partial charge is 0.485 e. The molecule has 1 amide bonds. The van der Waals surface area contributed by atoms with Crippen molar-refractivity contribution in [2.45, 2.75) is 32.3 Å². The van der Waals surface area contributed by atoms with Gasteiger partial charge >= 0.3 is 0 Å². The Morgan fingerprint density at radius 2 is 2.12 bits per heavy atom. The number of hydrogen-bond acceptors (Lipinski definition) is 4. The van der Waals surface area contributed by atoms with E-state index in [-0.39, 0.29) is 12.0 Å². The fourth-order valence-electron chi connectivity index (χ4n) is 3.68. The molecule has 0 radical (unpaired) electrons. The van der Waals surface area contributed by atoms with Crippen molar-refractivity contribution in [3.05, 3.63) is 41.9 Å². The van der Waals surface area contributed by atoms with Gasteiger partial charge in [0.05, 0.1) is 12.1 Å². The van der Waals surface area contributed by atoms with Crippen LogP contribution in [0, 0.1) is 6.92 Å². The van der Waals surface area contributed by atoms with Gasteiger partial charge in [0.2, 0.25) is 0 Å². The molecule has 0 aliphatic carbocycles. The van der Waals surface area contributed by atoms with Crippen molar-refractivity contribution in [3.63, 3.8) is 0 Å². The Balaban J connectivity index is 1.43. The number of carbonyl (C=O) groups is 1. The lowest BCUT2D eigenvalue weighted by Gasteiger charge is -2.22. The number of aryl methyl sites for hydroxylation is 1. The van der Waals surface area contributed by atoms with Gasteiger partial charge in [0.15, 0.2) is 11.6 Å². The molecular weight excluding hydrogens is 316 g/mol. The summed E-state index contributed by atoms with van der Waals surface area (Å²) in [6.45, 7) is 5.35. The highest BCUT2D eigenvalue weighted by Gasteiger charge is 2.30. The maximum Gasteiger partial charge on any atom is 0.255 e. The van der Waals surface area contributed by atoms with Gasteiger partial charge in [-0.2, -0.15) is 0 Å². The first kappa shape index (κ1) is 16.0. The quantitative estimate of drug-likeness (QED) is 0.929. The van der Waals surface area contributed by atoms with E-state index >= 15 is 0 Å². The number of anilines is 1. The zero-order chi connectivity index (χ0) is 17.2. The number of H-pyrrole nitrogens is 1. The summed E-state index contributed by atoms with van der Waals surface area (Å²) >= 11 is 0. The first-order valence-electron chi connectivity index (χ1n) is 9.02. The van der Waals surface area contributed by atoms with Crippen molar-refractivity contribution in [3.8, 4) is 5.75 Å². The third kappa shape index (κ3) is 3.21. The molecule has 2 fully saturated rings. The SMILES string of the molecule is Cc1[nH]ccc1C(=O)N1CC[C@@H](Oc2cccnc2N2CCCC2)C1. The summed E-state index contributed by atoms with van der Waals surface area (Å²) < 4.78 is 6.24. The number of aromatic nitrogens is 2. The van der Waals surface area contributed by atoms with Crippen LogP contribution in [-0.4, -0.2) is 53.1 Å². The summed E-state index contributed by atoms with van der Waals surface area (Å²) in [7, 11) is 0. The number of ether oxygens (including phenoxy) is 1. The number of amides is 1. The Bertz CT molecular complexity index is 751. The molecule has 6 nitrogen and oxygen atoms in total. The summed E-state index contributed by atoms with van der Waals surface area (Å²) in [6.07, 6.45) is 6.91. The van der Waals surface area contributed by atoms with Crippen molar-refractivity contribution < 1.29 is 9.53 Å². The van der Waals surface area contributed by atoms with Crippen LogP contribution in [0.2, 0.25) is 0 Å². The number of aromatic amines is 1. The van der Waals surface area contributed by atoms with Crippen molar-refractivity contribution in [1.82, 2.24) is 14.9 Å². The van der Waals surface area contributed by atoms with Gasteiger partial charge < -0.3 is 19.5 Å². The second-order valence-electron chi connectivity index (χ2n) is 6.82. The highest BCUT2D eigenvalue weighted by atomic mass is 16.5. The van der Waals surface area contributed by atoms with Crippen molar-refractivity contribution in [2.24, 2.45) is 0 Å². The lowest BCUT2D eigenvalue weighted by molar-refractivity contribution is 0.0772. The van der Waals surface area contributed by atoms with E-state index in [1.54, 1.807) is 0 Å². The first-order valence-corrected chi connectivity index (χ1v) is 9.02. The van der Waals surface area contributed by atoms with E-state index in [2.05, 4.69) is 14.9 Å². The number of carbonyl (C=O) groups excluding carboxylic acids is 1. The zero-order valence-corrected chi connectivity index (χ0v) is 14.6. The Morgan fingerprint density at radius 3 is 2.88 bits per heavy atom. The third-order valence-corrected chi connectivity index (χ3v) is 5.07. The molecule has 2 aliphatic heterocycles. The summed E-state index contributed by atoms with van der Waals surface area (Å²) in [4.78, 5) is 24.4. The second kappa shape index (κ2) is 6.78. The Hall–Kier alpha value is -2.50. The van der Waals surface area contributed by atoms with Crippen LogP contribution < -0.4 is 9.64 Å². The highest BCUT2D eigenvalue weighted by molar-refractivity contribution is 5.95. The second-order valence-corrected chi connectivity index (χ2v) is 6.82. The summed E-state index contributed by atoms with van der Waals surface area (Å²) in [5.41, 5.74) is 1.66. The number of rotatable bonds is 4. The van der Waals surface area contributed by atoms with Crippen LogP contribution in [0.25, 0.3) is 0 Å². The normalized spacial score (nSPS) is 20.3. The van der Waals surface area contributed by atoms with Gasteiger partial charge in [-0.1, -0.05) is 0 Å². The molecular formula is C19H24N4O2. The van der Waals surface area contributed by atoms with Crippen molar-refractivity contribution in [2.75, 3.05) is 31.1 Å². The molecule has 2 aromatic heterocycles. The molecule has 0 aromatic carbocycles. The van der Waals surface area contributed by atoms with E-state index in [0.29, 0.717) is 6.54 Å². The number of hydrogen-bond donors (Lipinski definition) is 1. The minimum atomic E-state index is 0.0220. The molecule has 2 aromatic rings. The first-order chi connectivity index (χ1) is 12.2. The average Bonchev–Trinajstić information content (AvgIpc) is 3.36. The van der Waals surface area contributed by atoms with E-state index in [9.17, 15) is 4.79 Å². The third-order valence-electron chi connectivity index (χ3n) is 5.07. The molecule has 1 atom stereocenters. The van der Waals surface area contributed by atoms with Gasteiger partial charge in [0, 0.05) is 44.1 Å². The van der Waals surface area contributed by atoms with E-state index in [1.807, 2.05) is 42.4 Å². The van der Waals surface area contributed by atoms with E-state index in [0.717, 1.165) is 48.9 Å². The number of pyridine rings is 1. The number of nitrogens with zero attached hydrogens (tertiary/aromatic N) is 3. The molecule has 0 unspecified atom stereocenters. The monoisotopic (exact) mass is 340 g/mol. The molecule has 0 bridgehead atoms. The molecule has 4 heterocycles. The van der Waals surface area contributed by atoms with Crippen LogP contribution in [0.1, 0.15) is 35.3 Å². The molecule has 25 heavy (non-hydrogen) atoms. The maximum atomic E-state index is 12.6. The molecule has 2 aliphatic rings. The van der Waals surface area contributed by atoms with Crippen molar-refractivity contribution >= 4 is 11.7 Å². The summed E-state index contributed by atoms with van der Waals surface area (Å²) in [5.74, 6) is 1.85. The van der Waals surface area contributed by atoms with Crippen LogP contribution in [0.3, 0.4) is 0 Å². The van der Waals surface area contributed by atoms with Gasteiger partial charge in [-0.3, -0.25) is 4.79 Å². The zero-order valence-electron chi connectivity index (χ0n) is 14.6. The van der Waals surface area contributed by atoms with Crippen LogP contribution in [-0.2, 0) is 0 Å². The highest BCUT2D eigenvalue weighted by Crippen LogP contribution is 2.30. The topological polar surface area (TPSA) is 61.5 Å². The summed E-state index contributed by atoms with van der Waals surface area (Å²) in [6, 6.07) is 5.75. The van der Waals surface area contributed by atoms with Gasteiger partial charge in [0.25, 0.3) is 5.91 Å². The fourth-order valence-corrected chi connectivity index (χ4v) is 3.68. The van der Waals surface area contributed by atoms with Crippen LogP contribution in [0.15, 0.2) is 30.6 Å². The van der Waals surface area contributed by atoms with E-state index in [4.69, 9.17) is 4.74 Å². The molecule has 0 saturated carbocycles. The van der Waals surface area contributed by atoms with Crippen LogP contribution >= 0.6 is 0 Å². The van der Waals surface area contributed by atoms with E-state index in [1.165, 1.54) is 12.8 Å². The Kier molecular flexibility index (Phi) is 4.34. The van der Waals surface area contributed by atoms with Gasteiger partial charge in [0.1, 0.15) is 6.10 Å². The van der Waals surface area contributed by atoms with Gasteiger partial charge in [-0.05, 0) is 38.0 Å². The minimum absolute atomic E-state index is 0.0220. The smallest absolute Gasteiger partial charge is 0.255 e. The lowest BCUT2D eigenvalue weighted by Crippen LogP contribution is -2.31. The molecule has 6 heteroatoms. The number of likely N-dealkylation sites (tertiary alicyclic amines) is 1. The van der Waals surface area contributed by atoms with Gasteiger partial charge in [-0.25, -0.2) is 4.98 Å².